The van der Waals surface area contributed by atoms with Crippen LogP contribution in [0, 0.1) is 5.92 Å². The molecule has 1 heterocycles. The number of halogens is 2. The molecule has 0 aromatic heterocycles. The van der Waals surface area contributed by atoms with Gasteiger partial charge in [-0.25, -0.2) is 5.43 Å². The molecule has 0 saturated carbocycles. The van der Waals surface area contributed by atoms with Crippen molar-refractivity contribution in [3.05, 3.63) is 64.1 Å². The fourth-order valence-corrected chi connectivity index (χ4v) is 2.68. The fraction of sp³-hybridized carbons (Fsp3) is 0.111. The maximum atomic E-state index is 12.5. The van der Waals surface area contributed by atoms with Gasteiger partial charge in [-0.3, -0.25) is 9.59 Å². The van der Waals surface area contributed by atoms with Gasteiger partial charge >= 0.3 is 0 Å². The van der Waals surface area contributed by atoms with Crippen molar-refractivity contribution >= 4 is 52.6 Å². The van der Waals surface area contributed by atoms with Crippen LogP contribution in [-0.4, -0.2) is 23.7 Å². The van der Waals surface area contributed by atoms with Crippen LogP contribution < -0.4 is 10.4 Å². The second-order valence-corrected chi connectivity index (χ2v) is 6.37. The van der Waals surface area contributed by atoms with Gasteiger partial charge in [0.25, 0.3) is 11.8 Å². The molecule has 0 fully saturated rings. The third kappa shape index (κ3) is 3.76. The first-order valence-electron chi connectivity index (χ1n) is 7.70. The van der Waals surface area contributed by atoms with E-state index in [4.69, 9.17) is 23.2 Å². The first kappa shape index (κ1) is 18.1. The van der Waals surface area contributed by atoms with Crippen molar-refractivity contribution in [1.29, 1.82) is 0 Å². The number of carbonyl (C=O) groups excluding carboxylic acids is 2. The average molecular weight is 389 g/mol. The summed E-state index contributed by atoms with van der Waals surface area (Å²) in [5.74, 6) is -1.33. The van der Waals surface area contributed by atoms with Gasteiger partial charge in [0.1, 0.15) is 5.92 Å². The van der Waals surface area contributed by atoms with E-state index >= 15 is 0 Å². The maximum Gasteiger partial charge on any atom is 0.271 e. The zero-order valence-corrected chi connectivity index (χ0v) is 15.2. The Morgan fingerprint density at radius 2 is 1.92 bits per heavy atom. The molecule has 0 saturated heterocycles. The highest BCUT2D eigenvalue weighted by molar-refractivity contribution is 6.42. The van der Waals surface area contributed by atoms with E-state index in [0.717, 1.165) is 0 Å². The molecular weight excluding hydrogens is 375 g/mol. The molecule has 2 aromatic carbocycles. The topological polar surface area (TPSA) is 74.1 Å². The number of carbonyl (C=O) groups is 2. The molecule has 2 aromatic rings. The van der Waals surface area contributed by atoms with Crippen LogP contribution in [0.3, 0.4) is 0 Å². The van der Waals surface area contributed by atoms with Crippen molar-refractivity contribution in [2.24, 2.45) is 16.1 Å². The predicted octanol–water partition coefficient (Wildman–Crippen LogP) is 3.75. The summed E-state index contributed by atoms with van der Waals surface area (Å²) in [7, 11) is 0. The second kappa shape index (κ2) is 7.68. The van der Waals surface area contributed by atoms with Gasteiger partial charge in [0.2, 0.25) is 0 Å². The molecule has 2 amide bonds. The normalized spacial score (nSPS) is 16.9. The minimum absolute atomic E-state index is 0.235. The molecule has 26 heavy (non-hydrogen) atoms. The van der Waals surface area contributed by atoms with Gasteiger partial charge in [-0.05, 0) is 37.3 Å². The molecule has 1 aliphatic heterocycles. The smallest absolute Gasteiger partial charge is 0.271 e. The van der Waals surface area contributed by atoms with Crippen LogP contribution in [0.1, 0.15) is 17.3 Å². The van der Waals surface area contributed by atoms with Gasteiger partial charge in [0.15, 0.2) is 0 Å². The lowest BCUT2D eigenvalue weighted by Crippen LogP contribution is -2.29. The minimum atomic E-state index is -0.635. The largest absolute Gasteiger partial charge is 0.271 e. The predicted molar refractivity (Wildman–Crippen MR) is 103 cm³/mol. The maximum absolute atomic E-state index is 12.5. The summed E-state index contributed by atoms with van der Waals surface area (Å²) >= 11 is 11.7. The van der Waals surface area contributed by atoms with E-state index in [2.05, 4.69) is 15.6 Å². The van der Waals surface area contributed by atoms with E-state index in [1.165, 1.54) is 29.4 Å². The van der Waals surface area contributed by atoms with E-state index in [9.17, 15) is 9.59 Å². The van der Waals surface area contributed by atoms with Crippen molar-refractivity contribution < 1.29 is 9.59 Å². The zero-order valence-electron chi connectivity index (χ0n) is 13.7. The van der Waals surface area contributed by atoms with Gasteiger partial charge in [-0.15, -0.1) is 0 Å². The van der Waals surface area contributed by atoms with Crippen molar-refractivity contribution in [3.63, 3.8) is 0 Å². The number of nitrogens with one attached hydrogen (secondary N) is 1. The van der Waals surface area contributed by atoms with Crippen LogP contribution in [0.5, 0.6) is 0 Å². The van der Waals surface area contributed by atoms with Crippen molar-refractivity contribution in [3.8, 4) is 0 Å². The van der Waals surface area contributed by atoms with Crippen LogP contribution in [0.2, 0.25) is 10.0 Å². The Morgan fingerprint density at radius 1 is 1.19 bits per heavy atom. The molecule has 0 aliphatic carbocycles. The Hall–Kier alpha value is -2.70. The van der Waals surface area contributed by atoms with E-state index in [1.54, 1.807) is 19.1 Å². The summed E-state index contributed by atoms with van der Waals surface area (Å²) in [6, 6.07) is 13.6. The number of benzene rings is 2. The number of para-hydroxylation sites is 1. The van der Waals surface area contributed by atoms with E-state index in [-0.39, 0.29) is 10.9 Å². The highest BCUT2D eigenvalue weighted by Crippen LogP contribution is 2.23. The summed E-state index contributed by atoms with van der Waals surface area (Å²) in [5, 5.41) is 10.1. The van der Waals surface area contributed by atoms with Crippen LogP contribution in [0.4, 0.5) is 5.69 Å². The number of rotatable bonds is 4. The van der Waals surface area contributed by atoms with Crippen molar-refractivity contribution in [1.82, 2.24) is 5.43 Å². The van der Waals surface area contributed by atoms with E-state index in [0.29, 0.717) is 22.0 Å². The summed E-state index contributed by atoms with van der Waals surface area (Å²) in [6.07, 6.45) is 1.36. The van der Waals surface area contributed by atoms with Crippen molar-refractivity contribution in [2.75, 3.05) is 5.01 Å². The van der Waals surface area contributed by atoms with Crippen molar-refractivity contribution in [2.45, 2.75) is 6.92 Å². The SMILES string of the molecule is CC1=NN(c2ccccc2)C(=O)[C@@H]1/C=N\NC(=O)c1ccc(Cl)c(Cl)c1. The third-order valence-electron chi connectivity index (χ3n) is 3.75. The quantitative estimate of drug-likeness (QED) is 0.639. The number of amides is 2. The Balaban J connectivity index is 1.67. The standard InChI is InChI=1S/C18H14Cl2N4O2/c1-11-14(18(26)24(23-11)13-5-3-2-4-6-13)10-21-22-17(25)12-7-8-15(19)16(20)9-12/h2-10,14H,1H3,(H,22,25)/b21-10-/t14-/m1/s1. The highest BCUT2D eigenvalue weighted by atomic mass is 35.5. The summed E-state index contributed by atoms with van der Waals surface area (Å²) in [4.78, 5) is 24.6. The molecular formula is C18H14Cl2N4O2. The molecule has 132 valence electrons. The van der Waals surface area contributed by atoms with Gasteiger partial charge in [-0.1, -0.05) is 41.4 Å². The zero-order chi connectivity index (χ0) is 18.7. The second-order valence-electron chi connectivity index (χ2n) is 5.55. The van der Waals surface area contributed by atoms with E-state index in [1.807, 2.05) is 18.2 Å². The Labute approximate surface area is 160 Å². The number of hydrogen-bond acceptors (Lipinski definition) is 4. The molecule has 0 spiro atoms. The lowest BCUT2D eigenvalue weighted by molar-refractivity contribution is -0.118. The lowest BCUT2D eigenvalue weighted by atomic mass is 10.1. The molecule has 1 N–H and O–H groups in total. The number of hydrazone groups is 2. The van der Waals surface area contributed by atoms with Crippen LogP contribution in [0.15, 0.2) is 58.7 Å². The monoisotopic (exact) mass is 388 g/mol. The van der Waals surface area contributed by atoms with Gasteiger partial charge in [-0.2, -0.15) is 15.2 Å². The molecule has 8 heteroatoms. The van der Waals surface area contributed by atoms with Gasteiger partial charge in [0, 0.05) is 11.8 Å². The van der Waals surface area contributed by atoms with Gasteiger partial charge < -0.3 is 0 Å². The molecule has 1 atom stereocenters. The van der Waals surface area contributed by atoms with Crippen LogP contribution in [0.25, 0.3) is 0 Å². The average Bonchev–Trinajstić information content (AvgIpc) is 2.92. The summed E-state index contributed by atoms with van der Waals surface area (Å²) in [6.45, 7) is 1.73. The molecule has 0 bridgehead atoms. The Bertz CT molecular complexity index is 913. The number of hydrogen-bond donors (Lipinski definition) is 1. The molecule has 0 unspecified atom stereocenters. The Morgan fingerprint density at radius 3 is 2.62 bits per heavy atom. The summed E-state index contributed by atoms with van der Waals surface area (Å²) < 4.78 is 0. The summed E-state index contributed by atoms with van der Waals surface area (Å²) in [5.41, 5.74) is 3.94. The van der Waals surface area contributed by atoms with Crippen LogP contribution >= 0.6 is 23.2 Å². The number of nitrogens with zero attached hydrogens (tertiary/aromatic N) is 3. The van der Waals surface area contributed by atoms with Gasteiger partial charge in [0.05, 0.1) is 21.4 Å². The first-order valence-corrected chi connectivity index (χ1v) is 8.45. The minimum Gasteiger partial charge on any atom is -0.271 e. The third-order valence-corrected chi connectivity index (χ3v) is 4.49. The Kier molecular flexibility index (Phi) is 5.35. The fourth-order valence-electron chi connectivity index (χ4n) is 2.38. The molecule has 0 radical (unpaired) electrons. The number of anilines is 1. The highest BCUT2D eigenvalue weighted by Gasteiger charge is 2.33. The van der Waals surface area contributed by atoms with E-state index < -0.39 is 11.8 Å². The first-order chi connectivity index (χ1) is 12.5. The lowest BCUT2D eigenvalue weighted by Gasteiger charge is -2.12. The molecule has 1 aliphatic rings. The molecule has 6 nitrogen and oxygen atoms in total. The molecule has 3 rings (SSSR count). The van der Waals surface area contributed by atoms with Crippen LogP contribution in [-0.2, 0) is 4.79 Å².